The number of nitrogens with one attached hydrogen (secondary N) is 1. The van der Waals surface area contributed by atoms with Crippen molar-refractivity contribution in [2.45, 2.75) is 27.1 Å². The van der Waals surface area contributed by atoms with Crippen LogP contribution in [0.1, 0.15) is 16.7 Å². The van der Waals surface area contributed by atoms with E-state index >= 15 is 0 Å². The van der Waals surface area contributed by atoms with Crippen LogP contribution in [0.4, 0.5) is 5.69 Å². The Balaban J connectivity index is 1.42. The standard InChI is InChI=1S/C22H28N6OS/c1-17-5-4-6-21(18(17)2)28-22(30)27(23-24-28)16-25(3)15-19-7-9-20(10-8-19)26-11-13-29-14-12-26/h4-10H,11-16H2,1-3H3/p+1. The summed E-state index contributed by atoms with van der Waals surface area (Å²) in [4.78, 5) is 3.66. The molecule has 3 aromatic rings. The molecule has 158 valence electrons. The van der Waals surface area contributed by atoms with Crippen molar-refractivity contribution in [3.05, 3.63) is 63.9 Å². The molecule has 1 aliphatic heterocycles. The molecule has 1 aromatic heterocycles. The number of hydrogen-bond donors (Lipinski definition) is 1. The molecule has 7 nitrogen and oxygen atoms in total. The maximum Gasteiger partial charge on any atom is 0.225 e. The van der Waals surface area contributed by atoms with E-state index < -0.39 is 0 Å². The summed E-state index contributed by atoms with van der Waals surface area (Å²) in [5, 5.41) is 8.61. The fourth-order valence-corrected chi connectivity index (χ4v) is 4.03. The van der Waals surface area contributed by atoms with Gasteiger partial charge in [0.2, 0.25) is 4.77 Å². The minimum absolute atomic E-state index is 0.616. The van der Waals surface area contributed by atoms with Gasteiger partial charge in [-0.15, -0.1) is 0 Å². The fourth-order valence-electron chi connectivity index (χ4n) is 3.80. The van der Waals surface area contributed by atoms with Crippen LogP contribution in [0.25, 0.3) is 5.69 Å². The second-order valence-electron chi connectivity index (χ2n) is 7.95. The van der Waals surface area contributed by atoms with Gasteiger partial charge < -0.3 is 14.5 Å². The van der Waals surface area contributed by atoms with Crippen LogP contribution in [-0.4, -0.2) is 53.1 Å². The van der Waals surface area contributed by atoms with Gasteiger partial charge in [-0.05, 0) is 65.8 Å². The Morgan fingerprint density at radius 1 is 1.03 bits per heavy atom. The third-order valence-electron chi connectivity index (χ3n) is 5.68. The van der Waals surface area contributed by atoms with E-state index in [2.05, 4.69) is 66.6 Å². The van der Waals surface area contributed by atoms with Crippen LogP contribution >= 0.6 is 12.2 Å². The van der Waals surface area contributed by atoms with Crippen molar-refractivity contribution in [1.29, 1.82) is 0 Å². The Labute approximate surface area is 182 Å². The summed E-state index contributed by atoms with van der Waals surface area (Å²) < 4.78 is 9.61. The van der Waals surface area contributed by atoms with E-state index in [4.69, 9.17) is 17.0 Å². The van der Waals surface area contributed by atoms with E-state index in [-0.39, 0.29) is 0 Å². The molecule has 1 aliphatic rings. The molecule has 1 saturated heterocycles. The molecule has 0 radical (unpaired) electrons. The van der Waals surface area contributed by atoms with Crippen molar-refractivity contribution in [2.75, 3.05) is 38.3 Å². The number of nitrogens with zero attached hydrogens (tertiary/aromatic N) is 5. The predicted molar refractivity (Wildman–Crippen MR) is 120 cm³/mol. The highest BCUT2D eigenvalue weighted by Gasteiger charge is 2.14. The smallest absolute Gasteiger partial charge is 0.225 e. The third-order valence-corrected chi connectivity index (χ3v) is 6.07. The third kappa shape index (κ3) is 4.45. The van der Waals surface area contributed by atoms with Crippen LogP contribution in [0.3, 0.4) is 0 Å². The van der Waals surface area contributed by atoms with Gasteiger partial charge in [0.25, 0.3) is 0 Å². The fraction of sp³-hybridized carbons (Fsp3) is 0.409. The first-order valence-electron chi connectivity index (χ1n) is 10.4. The highest BCUT2D eigenvalue weighted by molar-refractivity contribution is 7.71. The summed E-state index contributed by atoms with van der Waals surface area (Å²) in [6, 6.07) is 15.0. The first-order valence-corrected chi connectivity index (χ1v) is 10.8. The number of ether oxygens (including phenoxy) is 1. The Morgan fingerprint density at radius 2 is 1.77 bits per heavy atom. The van der Waals surface area contributed by atoms with Crippen molar-refractivity contribution in [3.8, 4) is 5.69 Å². The molecule has 8 heteroatoms. The Bertz CT molecular complexity index is 1050. The van der Waals surface area contributed by atoms with Crippen molar-refractivity contribution >= 4 is 17.9 Å². The molecule has 30 heavy (non-hydrogen) atoms. The number of rotatable bonds is 6. The van der Waals surface area contributed by atoms with E-state index in [0.29, 0.717) is 11.4 Å². The molecule has 0 spiro atoms. The number of aromatic nitrogens is 4. The molecular formula is C22H29N6OS+. The number of morpholine rings is 1. The van der Waals surface area contributed by atoms with Gasteiger partial charge in [-0.3, -0.25) is 0 Å². The Morgan fingerprint density at radius 3 is 2.50 bits per heavy atom. The topological polar surface area (TPSA) is 52.5 Å². The van der Waals surface area contributed by atoms with Gasteiger partial charge in [-0.2, -0.15) is 9.36 Å². The van der Waals surface area contributed by atoms with Crippen molar-refractivity contribution < 1.29 is 9.64 Å². The molecule has 0 aliphatic carbocycles. The van der Waals surface area contributed by atoms with Crippen LogP contribution < -0.4 is 9.80 Å². The minimum Gasteiger partial charge on any atom is -0.378 e. The zero-order valence-electron chi connectivity index (χ0n) is 17.8. The monoisotopic (exact) mass is 425 g/mol. The molecule has 1 atom stereocenters. The lowest BCUT2D eigenvalue weighted by Crippen LogP contribution is -3.07. The lowest BCUT2D eigenvalue weighted by Gasteiger charge is -2.29. The van der Waals surface area contributed by atoms with Crippen LogP contribution in [0.5, 0.6) is 0 Å². The SMILES string of the molecule is Cc1cccc(-n2nnn(C[NH+](C)Cc3ccc(N4CCOCC4)cc3)c2=S)c1C. The van der Waals surface area contributed by atoms with Gasteiger partial charge in [0.15, 0.2) is 6.67 Å². The second kappa shape index (κ2) is 9.07. The summed E-state index contributed by atoms with van der Waals surface area (Å²) in [5.74, 6) is 0. The van der Waals surface area contributed by atoms with E-state index in [9.17, 15) is 0 Å². The van der Waals surface area contributed by atoms with E-state index in [1.165, 1.54) is 27.3 Å². The number of quaternary nitrogens is 1. The van der Waals surface area contributed by atoms with Crippen LogP contribution in [0.15, 0.2) is 42.5 Å². The van der Waals surface area contributed by atoms with Gasteiger partial charge in [-0.1, -0.05) is 24.3 Å². The maximum atomic E-state index is 5.65. The van der Waals surface area contributed by atoms with Crippen LogP contribution in [0, 0.1) is 18.6 Å². The van der Waals surface area contributed by atoms with E-state index in [1.54, 1.807) is 9.36 Å². The molecule has 0 amide bonds. The summed E-state index contributed by atoms with van der Waals surface area (Å²) in [7, 11) is 2.15. The molecule has 1 unspecified atom stereocenters. The van der Waals surface area contributed by atoms with Crippen LogP contribution in [0.2, 0.25) is 0 Å². The molecule has 2 aromatic carbocycles. The maximum absolute atomic E-state index is 5.65. The second-order valence-corrected chi connectivity index (χ2v) is 8.31. The number of anilines is 1. The predicted octanol–water partition coefficient (Wildman–Crippen LogP) is 1.92. The molecular weight excluding hydrogens is 396 g/mol. The lowest BCUT2D eigenvalue weighted by molar-refractivity contribution is -0.917. The first kappa shape index (κ1) is 20.7. The average molecular weight is 426 g/mol. The van der Waals surface area contributed by atoms with Crippen molar-refractivity contribution in [3.63, 3.8) is 0 Å². The average Bonchev–Trinajstić information content (AvgIpc) is 3.11. The van der Waals surface area contributed by atoms with Gasteiger partial charge in [0, 0.05) is 24.3 Å². The minimum atomic E-state index is 0.616. The molecule has 4 rings (SSSR count). The lowest BCUT2D eigenvalue weighted by atomic mass is 10.1. The molecule has 0 bridgehead atoms. The van der Waals surface area contributed by atoms with Gasteiger partial charge in [-0.25, -0.2) is 0 Å². The van der Waals surface area contributed by atoms with Crippen molar-refractivity contribution in [2.24, 2.45) is 0 Å². The Hall–Kier alpha value is -2.55. The normalized spacial score (nSPS) is 15.4. The zero-order chi connectivity index (χ0) is 21.1. The van der Waals surface area contributed by atoms with E-state index in [1.807, 2.05) is 12.1 Å². The van der Waals surface area contributed by atoms with E-state index in [0.717, 1.165) is 38.5 Å². The molecule has 0 saturated carbocycles. The summed E-state index contributed by atoms with van der Waals surface area (Å²) in [5.41, 5.74) is 5.92. The quantitative estimate of drug-likeness (QED) is 0.612. The first-order chi connectivity index (χ1) is 14.5. The summed E-state index contributed by atoms with van der Waals surface area (Å²) in [6.45, 7) is 9.25. The van der Waals surface area contributed by atoms with Crippen molar-refractivity contribution in [1.82, 2.24) is 19.8 Å². The van der Waals surface area contributed by atoms with Gasteiger partial charge in [0.05, 0.1) is 25.9 Å². The molecule has 2 heterocycles. The highest BCUT2D eigenvalue weighted by atomic mass is 32.1. The largest absolute Gasteiger partial charge is 0.378 e. The number of hydrogen-bond acceptors (Lipinski definition) is 5. The van der Waals surface area contributed by atoms with Gasteiger partial charge >= 0.3 is 0 Å². The van der Waals surface area contributed by atoms with Crippen LogP contribution in [-0.2, 0) is 18.0 Å². The number of tetrazole rings is 1. The highest BCUT2D eigenvalue weighted by Crippen LogP contribution is 2.17. The summed E-state index contributed by atoms with van der Waals surface area (Å²) in [6.07, 6.45) is 0. The number of benzene rings is 2. The Kier molecular flexibility index (Phi) is 6.26. The number of aryl methyl sites for hydroxylation is 1. The molecule has 1 N–H and O–H groups in total. The van der Waals surface area contributed by atoms with Gasteiger partial charge in [0.1, 0.15) is 6.54 Å². The molecule has 1 fully saturated rings. The summed E-state index contributed by atoms with van der Waals surface area (Å²) >= 11 is 5.65. The zero-order valence-corrected chi connectivity index (χ0v) is 18.7.